The molecule has 3 rings (SSSR count). The van der Waals surface area contributed by atoms with E-state index in [0.717, 1.165) is 18.5 Å². The van der Waals surface area contributed by atoms with Crippen molar-refractivity contribution in [3.63, 3.8) is 0 Å². The fourth-order valence-electron chi connectivity index (χ4n) is 2.19. The standard InChI is InChI=1S/C15H18N4S/c1-11(16-10-12-7-8-17-19(12)2)9-15-18-13-5-3-4-6-14(13)20-15/h3-8,11,16H,9-10H2,1-2H3/t11-/m0/s1. The van der Waals surface area contributed by atoms with Crippen LogP contribution in [0.3, 0.4) is 0 Å². The molecule has 0 saturated heterocycles. The van der Waals surface area contributed by atoms with Gasteiger partial charge in [-0.15, -0.1) is 11.3 Å². The number of aromatic nitrogens is 3. The number of rotatable bonds is 5. The van der Waals surface area contributed by atoms with Gasteiger partial charge in [0, 0.05) is 32.3 Å². The van der Waals surface area contributed by atoms with Crippen molar-refractivity contribution in [3.05, 3.63) is 47.2 Å². The number of hydrogen-bond donors (Lipinski definition) is 1. The number of nitrogens with zero attached hydrogens (tertiary/aromatic N) is 3. The number of fused-ring (bicyclic) bond motifs is 1. The summed E-state index contributed by atoms with van der Waals surface area (Å²) in [6.07, 6.45) is 2.78. The van der Waals surface area contributed by atoms with Crippen molar-refractivity contribution < 1.29 is 0 Å². The highest BCUT2D eigenvalue weighted by Gasteiger charge is 2.09. The van der Waals surface area contributed by atoms with Gasteiger partial charge in [0.1, 0.15) is 0 Å². The van der Waals surface area contributed by atoms with Gasteiger partial charge < -0.3 is 5.32 Å². The Bertz CT molecular complexity index is 668. The van der Waals surface area contributed by atoms with E-state index in [1.54, 1.807) is 11.3 Å². The highest BCUT2D eigenvalue weighted by Crippen LogP contribution is 2.22. The van der Waals surface area contributed by atoms with E-state index in [2.05, 4.69) is 40.5 Å². The Morgan fingerprint density at radius 2 is 2.15 bits per heavy atom. The molecule has 0 aliphatic heterocycles. The molecule has 0 unspecified atom stereocenters. The van der Waals surface area contributed by atoms with Gasteiger partial charge in [0.15, 0.2) is 0 Å². The molecule has 0 saturated carbocycles. The number of para-hydroxylation sites is 1. The first kappa shape index (κ1) is 13.3. The van der Waals surface area contributed by atoms with Gasteiger partial charge in [-0.25, -0.2) is 4.98 Å². The van der Waals surface area contributed by atoms with Crippen molar-refractivity contribution in [2.45, 2.75) is 25.9 Å². The van der Waals surface area contributed by atoms with Gasteiger partial charge >= 0.3 is 0 Å². The van der Waals surface area contributed by atoms with Crippen LogP contribution in [0, 0.1) is 0 Å². The molecule has 0 aliphatic carbocycles. The third kappa shape index (κ3) is 2.89. The van der Waals surface area contributed by atoms with E-state index < -0.39 is 0 Å². The first-order chi connectivity index (χ1) is 9.72. The Morgan fingerprint density at radius 1 is 1.30 bits per heavy atom. The van der Waals surface area contributed by atoms with Gasteiger partial charge in [-0.05, 0) is 25.1 Å². The van der Waals surface area contributed by atoms with Crippen LogP contribution in [0.25, 0.3) is 10.2 Å². The predicted octanol–water partition coefficient (Wildman–Crippen LogP) is 2.75. The van der Waals surface area contributed by atoms with Crippen molar-refractivity contribution in [1.29, 1.82) is 0 Å². The van der Waals surface area contributed by atoms with E-state index in [4.69, 9.17) is 0 Å². The number of benzene rings is 1. The van der Waals surface area contributed by atoms with Crippen LogP contribution in [-0.2, 0) is 20.0 Å². The molecule has 3 aromatic rings. The molecular weight excluding hydrogens is 268 g/mol. The number of hydrogen-bond acceptors (Lipinski definition) is 4. The van der Waals surface area contributed by atoms with Gasteiger partial charge in [0.2, 0.25) is 0 Å². The smallest absolute Gasteiger partial charge is 0.0954 e. The van der Waals surface area contributed by atoms with E-state index in [9.17, 15) is 0 Å². The molecule has 104 valence electrons. The predicted molar refractivity (Wildman–Crippen MR) is 82.8 cm³/mol. The quantitative estimate of drug-likeness (QED) is 0.784. The first-order valence-electron chi connectivity index (χ1n) is 6.77. The summed E-state index contributed by atoms with van der Waals surface area (Å²) in [7, 11) is 1.97. The average molecular weight is 286 g/mol. The average Bonchev–Trinajstić information content (AvgIpc) is 3.01. The van der Waals surface area contributed by atoms with Crippen molar-refractivity contribution in [2.24, 2.45) is 7.05 Å². The first-order valence-corrected chi connectivity index (χ1v) is 7.59. The second kappa shape index (κ2) is 5.73. The van der Waals surface area contributed by atoms with Crippen LogP contribution in [0.15, 0.2) is 36.5 Å². The molecule has 0 radical (unpaired) electrons. The number of nitrogens with one attached hydrogen (secondary N) is 1. The van der Waals surface area contributed by atoms with Crippen molar-refractivity contribution in [2.75, 3.05) is 0 Å². The van der Waals surface area contributed by atoms with Crippen LogP contribution >= 0.6 is 11.3 Å². The fraction of sp³-hybridized carbons (Fsp3) is 0.333. The minimum Gasteiger partial charge on any atom is -0.308 e. The topological polar surface area (TPSA) is 42.7 Å². The van der Waals surface area contributed by atoms with Crippen LogP contribution in [0.1, 0.15) is 17.6 Å². The molecule has 2 heterocycles. The maximum atomic E-state index is 4.68. The summed E-state index contributed by atoms with van der Waals surface area (Å²) in [6, 6.07) is 10.7. The van der Waals surface area contributed by atoms with Crippen LogP contribution in [0.2, 0.25) is 0 Å². The summed E-state index contributed by atoms with van der Waals surface area (Å²) in [5, 5.41) is 8.89. The Balaban J connectivity index is 1.61. The van der Waals surface area contributed by atoms with E-state index in [1.165, 1.54) is 15.4 Å². The zero-order valence-corrected chi connectivity index (χ0v) is 12.5. The Hall–Kier alpha value is -1.72. The van der Waals surface area contributed by atoms with Crippen LogP contribution in [0.5, 0.6) is 0 Å². The monoisotopic (exact) mass is 286 g/mol. The number of aryl methyl sites for hydroxylation is 1. The summed E-state index contributed by atoms with van der Waals surface area (Å²) >= 11 is 1.78. The normalized spacial score (nSPS) is 12.9. The van der Waals surface area contributed by atoms with Crippen LogP contribution < -0.4 is 5.32 Å². The molecule has 0 amide bonds. The molecule has 1 atom stereocenters. The highest BCUT2D eigenvalue weighted by atomic mass is 32.1. The SMILES string of the molecule is C[C@@H](Cc1nc2ccccc2s1)NCc1ccnn1C. The molecule has 1 N–H and O–H groups in total. The Kier molecular flexibility index (Phi) is 3.80. The van der Waals surface area contributed by atoms with Crippen molar-refractivity contribution in [3.8, 4) is 0 Å². The molecule has 1 aromatic carbocycles. The van der Waals surface area contributed by atoms with E-state index in [1.807, 2.05) is 30.1 Å². The minimum atomic E-state index is 0.394. The second-order valence-electron chi connectivity index (χ2n) is 5.01. The van der Waals surface area contributed by atoms with Gasteiger partial charge in [-0.3, -0.25) is 4.68 Å². The third-order valence-corrected chi connectivity index (χ3v) is 4.43. The molecule has 5 heteroatoms. The molecule has 0 bridgehead atoms. The summed E-state index contributed by atoms with van der Waals surface area (Å²) in [4.78, 5) is 4.68. The van der Waals surface area contributed by atoms with Crippen LogP contribution in [0.4, 0.5) is 0 Å². The molecule has 0 aliphatic rings. The van der Waals surface area contributed by atoms with E-state index >= 15 is 0 Å². The molecule has 0 fully saturated rings. The zero-order valence-electron chi connectivity index (χ0n) is 11.7. The molecule has 2 aromatic heterocycles. The fourth-order valence-corrected chi connectivity index (χ4v) is 3.29. The van der Waals surface area contributed by atoms with Gasteiger partial charge in [0.25, 0.3) is 0 Å². The lowest BCUT2D eigenvalue weighted by Gasteiger charge is -2.12. The number of thiazole rings is 1. The third-order valence-electron chi connectivity index (χ3n) is 3.37. The molecule has 4 nitrogen and oxygen atoms in total. The lowest BCUT2D eigenvalue weighted by Crippen LogP contribution is -2.28. The lowest BCUT2D eigenvalue weighted by atomic mass is 10.2. The van der Waals surface area contributed by atoms with Gasteiger partial charge in [-0.2, -0.15) is 5.10 Å². The summed E-state index contributed by atoms with van der Waals surface area (Å²) in [5.41, 5.74) is 2.30. The summed E-state index contributed by atoms with van der Waals surface area (Å²) < 4.78 is 3.17. The Morgan fingerprint density at radius 3 is 2.90 bits per heavy atom. The maximum absolute atomic E-state index is 4.68. The van der Waals surface area contributed by atoms with Crippen molar-refractivity contribution >= 4 is 21.6 Å². The van der Waals surface area contributed by atoms with E-state index in [0.29, 0.717) is 6.04 Å². The highest BCUT2D eigenvalue weighted by molar-refractivity contribution is 7.18. The largest absolute Gasteiger partial charge is 0.308 e. The summed E-state index contributed by atoms with van der Waals surface area (Å²) in [5.74, 6) is 0. The van der Waals surface area contributed by atoms with Gasteiger partial charge in [-0.1, -0.05) is 12.1 Å². The second-order valence-corrected chi connectivity index (χ2v) is 6.12. The van der Waals surface area contributed by atoms with Crippen LogP contribution in [-0.4, -0.2) is 20.8 Å². The Labute approximate surface area is 122 Å². The van der Waals surface area contributed by atoms with E-state index in [-0.39, 0.29) is 0 Å². The minimum absolute atomic E-state index is 0.394. The molecule has 20 heavy (non-hydrogen) atoms. The van der Waals surface area contributed by atoms with Gasteiger partial charge in [0.05, 0.1) is 20.9 Å². The maximum Gasteiger partial charge on any atom is 0.0954 e. The molecular formula is C15H18N4S. The van der Waals surface area contributed by atoms with Crippen molar-refractivity contribution in [1.82, 2.24) is 20.1 Å². The lowest BCUT2D eigenvalue weighted by molar-refractivity contribution is 0.525. The molecule has 0 spiro atoms. The summed E-state index contributed by atoms with van der Waals surface area (Å²) in [6.45, 7) is 3.03. The zero-order chi connectivity index (χ0) is 13.9.